The highest BCUT2D eigenvalue weighted by Gasteiger charge is 2.29. The zero-order valence-corrected chi connectivity index (χ0v) is 21.5. The lowest BCUT2D eigenvalue weighted by Crippen LogP contribution is -2.53. The second kappa shape index (κ2) is 13.0. The van der Waals surface area contributed by atoms with Crippen molar-refractivity contribution < 1.29 is 24.2 Å². The van der Waals surface area contributed by atoms with Crippen molar-refractivity contribution in [2.75, 3.05) is 12.4 Å². The summed E-state index contributed by atoms with van der Waals surface area (Å²) in [5, 5.41) is 18.6. The standard InChI is InChI=1S/C26H34ClN3O5/c1-15(2)12-21(25(33)28-18-7-9-19(35-5)10-8-18)30-26(34)22(13-16(3)4)29-24(32)20-14-17(27)6-11-23(20)31/h6-11,14-16,21-22,31H,12-13H2,1-5H3,(H,28,33)(H,29,32)(H,30,34)/t21-,22-/m0/s1. The Morgan fingerprint density at radius 1 is 0.886 bits per heavy atom. The molecule has 35 heavy (non-hydrogen) atoms. The number of amides is 3. The summed E-state index contributed by atoms with van der Waals surface area (Å²) in [4.78, 5) is 39.0. The molecule has 0 heterocycles. The first-order valence-corrected chi connectivity index (χ1v) is 11.9. The molecule has 2 atom stereocenters. The molecule has 0 saturated carbocycles. The summed E-state index contributed by atoms with van der Waals surface area (Å²) in [7, 11) is 1.56. The predicted molar refractivity (Wildman–Crippen MR) is 137 cm³/mol. The summed E-state index contributed by atoms with van der Waals surface area (Å²) in [6, 6.07) is 9.27. The molecule has 2 aromatic carbocycles. The van der Waals surface area contributed by atoms with Crippen LogP contribution in [0.2, 0.25) is 5.02 Å². The highest BCUT2D eigenvalue weighted by Crippen LogP contribution is 2.22. The van der Waals surface area contributed by atoms with Crippen LogP contribution in [0.1, 0.15) is 50.9 Å². The van der Waals surface area contributed by atoms with Crippen molar-refractivity contribution in [1.82, 2.24) is 10.6 Å². The molecule has 0 radical (unpaired) electrons. The Kier molecular flexibility index (Phi) is 10.4. The van der Waals surface area contributed by atoms with Crippen LogP contribution in [0.25, 0.3) is 0 Å². The van der Waals surface area contributed by atoms with Gasteiger partial charge in [0.25, 0.3) is 5.91 Å². The number of anilines is 1. The third kappa shape index (κ3) is 8.79. The Morgan fingerprint density at radius 3 is 2.00 bits per heavy atom. The van der Waals surface area contributed by atoms with E-state index in [0.717, 1.165) is 0 Å². The molecule has 0 bridgehead atoms. The van der Waals surface area contributed by atoms with Crippen LogP contribution in [0.15, 0.2) is 42.5 Å². The number of carbonyl (C=O) groups excluding carboxylic acids is 3. The number of hydrogen-bond donors (Lipinski definition) is 4. The van der Waals surface area contributed by atoms with Gasteiger partial charge in [-0.2, -0.15) is 0 Å². The monoisotopic (exact) mass is 503 g/mol. The minimum atomic E-state index is -0.913. The molecule has 0 unspecified atom stereocenters. The number of carbonyl (C=O) groups is 3. The molecular weight excluding hydrogens is 470 g/mol. The number of halogens is 1. The van der Waals surface area contributed by atoms with Crippen molar-refractivity contribution in [3.8, 4) is 11.5 Å². The number of methoxy groups -OCH3 is 1. The molecule has 0 aliphatic rings. The van der Waals surface area contributed by atoms with Crippen LogP contribution in [0.4, 0.5) is 5.69 Å². The van der Waals surface area contributed by atoms with Crippen molar-refractivity contribution >= 4 is 35.0 Å². The molecule has 4 N–H and O–H groups in total. The minimum absolute atomic E-state index is 0.0324. The van der Waals surface area contributed by atoms with Crippen LogP contribution >= 0.6 is 11.6 Å². The average molecular weight is 504 g/mol. The average Bonchev–Trinajstić information content (AvgIpc) is 2.79. The van der Waals surface area contributed by atoms with Crippen LogP contribution < -0.4 is 20.7 Å². The van der Waals surface area contributed by atoms with Gasteiger partial charge in [-0.1, -0.05) is 39.3 Å². The summed E-state index contributed by atoms with van der Waals surface area (Å²) < 4.78 is 5.14. The minimum Gasteiger partial charge on any atom is -0.507 e. The van der Waals surface area contributed by atoms with Gasteiger partial charge in [-0.15, -0.1) is 0 Å². The van der Waals surface area contributed by atoms with Gasteiger partial charge in [0.15, 0.2) is 0 Å². The molecule has 0 fully saturated rings. The number of phenols is 1. The molecule has 0 aromatic heterocycles. The molecule has 2 rings (SSSR count). The topological polar surface area (TPSA) is 117 Å². The van der Waals surface area contributed by atoms with Crippen LogP contribution in [0.3, 0.4) is 0 Å². The molecule has 190 valence electrons. The Bertz CT molecular complexity index is 1020. The van der Waals surface area contributed by atoms with Crippen molar-refractivity contribution in [3.63, 3.8) is 0 Å². The van der Waals surface area contributed by atoms with E-state index in [0.29, 0.717) is 24.3 Å². The maximum Gasteiger partial charge on any atom is 0.255 e. The Hall–Kier alpha value is -3.26. The highest BCUT2D eigenvalue weighted by molar-refractivity contribution is 6.31. The van der Waals surface area contributed by atoms with Gasteiger partial charge in [-0.05, 0) is 67.1 Å². The Labute approximate surface area is 211 Å². The first-order valence-electron chi connectivity index (χ1n) is 11.5. The number of hydrogen-bond acceptors (Lipinski definition) is 5. The van der Waals surface area contributed by atoms with E-state index in [4.69, 9.17) is 16.3 Å². The van der Waals surface area contributed by atoms with Crippen LogP contribution in [0, 0.1) is 11.8 Å². The van der Waals surface area contributed by atoms with Gasteiger partial charge in [0.1, 0.15) is 23.6 Å². The molecule has 3 amide bonds. The summed E-state index contributed by atoms with van der Waals surface area (Å²) in [6.07, 6.45) is 0.749. The summed E-state index contributed by atoms with van der Waals surface area (Å²) in [5.41, 5.74) is 0.539. The maximum atomic E-state index is 13.2. The largest absolute Gasteiger partial charge is 0.507 e. The molecule has 8 nitrogen and oxygen atoms in total. The maximum absolute atomic E-state index is 13.2. The van der Waals surface area contributed by atoms with Crippen LogP contribution in [-0.2, 0) is 9.59 Å². The van der Waals surface area contributed by atoms with E-state index in [1.165, 1.54) is 18.2 Å². The molecule has 2 aromatic rings. The summed E-state index contributed by atoms with van der Waals surface area (Å²) in [6.45, 7) is 7.75. The van der Waals surface area contributed by atoms with Crippen LogP contribution in [0.5, 0.6) is 11.5 Å². The first-order chi connectivity index (χ1) is 16.5. The number of aromatic hydroxyl groups is 1. The lowest BCUT2D eigenvalue weighted by Gasteiger charge is -2.25. The normalized spacial score (nSPS) is 12.7. The summed E-state index contributed by atoms with van der Waals surface area (Å²) >= 11 is 5.96. The van der Waals surface area contributed by atoms with Gasteiger partial charge in [0.05, 0.1) is 12.7 Å². The number of phenolic OH excluding ortho intramolecular Hbond substituents is 1. The molecular formula is C26H34ClN3O5. The van der Waals surface area contributed by atoms with Crippen molar-refractivity contribution in [1.29, 1.82) is 0 Å². The van der Waals surface area contributed by atoms with Gasteiger partial charge in [-0.3, -0.25) is 14.4 Å². The van der Waals surface area contributed by atoms with Crippen LogP contribution in [-0.4, -0.2) is 42.0 Å². The molecule has 9 heteroatoms. The number of nitrogens with one attached hydrogen (secondary N) is 3. The second-order valence-electron chi connectivity index (χ2n) is 9.23. The van der Waals surface area contributed by atoms with E-state index in [2.05, 4.69) is 16.0 Å². The van der Waals surface area contributed by atoms with Gasteiger partial charge in [0, 0.05) is 10.7 Å². The summed E-state index contributed by atoms with van der Waals surface area (Å²) in [5.74, 6) is -0.850. The molecule has 0 saturated heterocycles. The highest BCUT2D eigenvalue weighted by atomic mass is 35.5. The first kappa shape index (κ1) is 28.0. The van der Waals surface area contributed by atoms with E-state index in [1.54, 1.807) is 31.4 Å². The fourth-order valence-electron chi connectivity index (χ4n) is 3.51. The zero-order valence-electron chi connectivity index (χ0n) is 20.7. The van der Waals surface area contributed by atoms with E-state index in [9.17, 15) is 19.5 Å². The van der Waals surface area contributed by atoms with Gasteiger partial charge < -0.3 is 25.8 Å². The van der Waals surface area contributed by atoms with E-state index >= 15 is 0 Å². The Morgan fingerprint density at radius 2 is 1.46 bits per heavy atom. The second-order valence-corrected chi connectivity index (χ2v) is 9.66. The number of benzene rings is 2. The lowest BCUT2D eigenvalue weighted by molar-refractivity contribution is -0.128. The quantitative estimate of drug-likeness (QED) is 0.363. The smallest absolute Gasteiger partial charge is 0.255 e. The fraction of sp³-hybridized carbons (Fsp3) is 0.423. The van der Waals surface area contributed by atoms with Gasteiger partial charge in [-0.25, -0.2) is 0 Å². The zero-order chi connectivity index (χ0) is 26.1. The fourth-order valence-corrected chi connectivity index (χ4v) is 3.68. The lowest BCUT2D eigenvalue weighted by atomic mass is 9.99. The third-order valence-electron chi connectivity index (χ3n) is 5.23. The number of rotatable bonds is 11. The third-order valence-corrected chi connectivity index (χ3v) is 5.46. The number of ether oxygens (including phenoxy) is 1. The molecule has 0 aliphatic heterocycles. The van der Waals surface area contributed by atoms with E-state index in [-0.39, 0.29) is 34.1 Å². The van der Waals surface area contributed by atoms with Gasteiger partial charge >= 0.3 is 0 Å². The SMILES string of the molecule is COc1ccc(NC(=O)[C@H](CC(C)C)NC(=O)[C@H](CC(C)C)NC(=O)c2cc(Cl)ccc2O)cc1. The van der Waals surface area contributed by atoms with Crippen molar-refractivity contribution in [2.24, 2.45) is 11.8 Å². The van der Waals surface area contributed by atoms with Crippen molar-refractivity contribution in [2.45, 2.75) is 52.6 Å². The van der Waals surface area contributed by atoms with E-state index < -0.39 is 23.9 Å². The van der Waals surface area contributed by atoms with Gasteiger partial charge in [0.2, 0.25) is 11.8 Å². The van der Waals surface area contributed by atoms with E-state index in [1.807, 2.05) is 27.7 Å². The Balaban J connectivity index is 2.18. The molecule has 0 aliphatic carbocycles. The predicted octanol–water partition coefficient (Wildman–Crippen LogP) is 4.37. The van der Waals surface area contributed by atoms with Crippen molar-refractivity contribution in [3.05, 3.63) is 53.1 Å². The molecule has 0 spiro atoms.